The van der Waals surface area contributed by atoms with Crippen molar-refractivity contribution in [3.63, 3.8) is 0 Å². The van der Waals surface area contributed by atoms with Gasteiger partial charge in [0, 0.05) is 18.1 Å². The zero-order chi connectivity index (χ0) is 27.2. The third kappa shape index (κ3) is 6.90. The van der Waals surface area contributed by atoms with Crippen LogP contribution < -0.4 is 9.62 Å². The SMILES string of the molecule is CCNC(=O)[C@@H](C)N(Cc1ccccc1)C(=O)CN(c1ccc(Cl)cc1C)S(=O)(=O)c1ccc(C)cc1. The molecule has 3 rings (SSSR count). The Kier molecular flexibility index (Phi) is 9.34. The van der Waals surface area contributed by atoms with Crippen LogP contribution in [-0.2, 0) is 26.2 Å². The van der Waals surface area contributed by atoms with Crippen LogP contribution in [-0.4, -0.2) is 44.3 Å². The van der Waals surface area contributed by atoms with Crippen molar-refractivity contribution in [2.75, 3.05) is 17.4 Å². The molecule has 0 spiro atoms. The number of sulfonamides is 1. The smallest absolute Gasteiger partial charge is 0.264 e. The van der Waals surface area contributed by atoms with Gasteiger partial charge in [0.15, 0.2) is 0 Å². The van der Waals surface area contributed by atoms with Gasteiger partial charge in [-0.25, -0.2) is 8.42 Å². The highest BCUT2D eigenvalue weighted by atomic mass is 35.5. The van der Waals surface area contributed by atoms with E-state index in [0.29, 0.717) is 22.8 Å². The topological polar surface area (TPSA) is 86.8 Å². The molecule has 0 bridgehead atoms. The number of nitrogens with one attached hydrogen (secondary N) is 1. The molecule has 0 aromatic heterocycles. The van der Waals surface area contributed by atoms with Gasteiger partial charge >= 0.3 is 0 Å². The van der Waals surface area contributed by atoms with Crippen LogP contribution in [0.3, 0.4) is 0 Å². The van der Waals surface area contributed by atoms with Crippen LogP contribution in [0.4, 0.5) is 5.69 Å². The van der Waals surface area contributed by atoms with Gasteiger partial charge in [0.1, 0.15) is 12.6 Å². The van der Waals surface area contributed by atoms with Crippen LogP contribution in [0.5, 0.6) is 0 Å². The summed E-state index contributed by atoms with van der Waals surface area (Å²) in [6.45, 7) is 7.11. The first-order valence-corrected chi connectivity index (χ1v) is 13.8. The molecule has 3 aromatic rings. The Labute approximate surface area is 224 Å². The molecule has 0 saturated carbocycles. The summed E-state index contributed by atoms with van der Waals surface area (Å²) in [5.74, 6) is -0.824. The Bertz CT molecular complexity index is 1350. The third-order valence-corrected chi connectivity index (χ3v) is 8.04. The van der Waals surface area contributed by atoms with Crippen molar-refractivity contribution in [1.82, 2.24) is 10.2 Å². The van der Waals surface area contributed by atoms with Crippen LogP contribution in [0.2, 0.25) is 5.02 Å². The molecular formula is C28H32ClN3O4S. The van der Waals surface area contributed by atoms with Crippen molar-refractivity contribution in [3.8, 4) is 0 Å². The number of rotatable bonds is 10. The number of carbonyl (C=O) groups excluding carboxylic acids is 2. The molecule has 2 amide bonds. The first kappa shape index (κ1) is 28.2. The van der Waals surface area contributed by atoms with E-state index in [1.165, 1.54) is 17.0 Å². The van der Waals surface area contributed by atoms with Gasteiger partial charge in [-0.3, -0.25) is 13.9 Å². The lowest BCUT2D eigenvalue weighted by atomic mass is 10.1. The predicted molar refractivity (Wildman–Crippen MR) is 147 cm³/mol. The van der Waals surface area contributed by atoms with E-state index >= 15 is 0 Å². The highest BCUT2D eigenvalue weighted by Crippen LogP contribution is 2.29. The van der Waals surface area contributed by atoms with Gasteiger partial charge in [0.2, 0.25) is 11.8 Å². The number of likely N-dealkylation sites (N-methyl/N-ethyl adjacent to an activating group) is 1. The van der Waals surface area contributed by atoms with Crippen molar-refractivity contribution in [2.45, 2.75) is 45.2 Å². The maximum Gasteiger partial charge on any atom is 0.264 e. The molecule has 0 aliphatic carbocycles. The molecule has 3 aromatic carbocycles. The number of benzene rings is 3. The standard InChI is InChI=1S/C28H32ClN3O4S/c1-5-30-28(34)22(4)31(18-23-9-7-6-8-10-23)27(33)19-32(26-16-13-24(29)17-21(26)3)37(35,36)25-14-11-20(2)12-15-25/h6-17,22H,5,18-19H2,1-4H3,(H,30,34)/t22-/m1/s1. The van der Waals surface area contributed by atoms with Gasteiger partial charge in [-0.15, -0.1) is 0 Å². The number of aryl methyl sites for hydroxylation is 2. The zero-order valence-corrected chi connectivity index (χ0v) is 23.0. The molecule has 9 heteroatoms. The van der Waals surface area contributed by atoms with Crippen LogP contribution in [0, 0.1) is 13.8 Å². The number of halogens is 1. The van der Waals surface area contributed by atoms with E-state index < -0.39 is 28.5 Å². The minimum Gasteiger partial charge on any atom is -0.355 e. The summed E-state index contributed by atoms with van der Waals surface area (Å²) in [7, 11) is -4.12. The Balaban J connectivity index is 2.05. The number of hydrogen-bond donors (Lipinski definition) is 1. The maximum absolute atomic E-state index is 13.8. The van der Waals surface area contributed by atoms with Crippen molar-refractivity contribution >= 4 is 39.1 Å². The summed E-state index contributed by atoms with van der Waals surface area (Å²) in [4.78, 5) is 28.0. The molecule has 0 fully saturated rings. The molecule has 0 aliphatic rings. The summed E-state index contributed by atoms with van der Waals surface area (Å²) in [6, 6.07) is 19.7. The Morgan fingerprint density at radius 3 is 2.22 bits per heavy atom. The van der Waals surface area contributed by atoms with Crippen LogP contribution in [0.15, 0.2) is 77.7 Å². The Hall–Kier alpha value is -3.36. The molecule has 0 saturated heterocycles. The lowest BCUT2D eigenvalue weighted by Crippen LogP contribution is -2.51. The number of anilines is 1. The van der Waals surface area contributed by atoms with Crippen molar-refractivity contribution in [2.24, 2.45) is 0 Å². The van der Waals surface area contributed by atoms with E-state index in [4.69, 9.17) is 11.6 Å². The fourth-order valence-corrected chi connectivity index (χ4v) is 5.64. The predicted octanol–water partition coefficient (Wildman–Crippen LogP) is 4.71. The van der Waals surface area contributed by atoms with Gasteiger partial charge in [-0.1, -0.05) is 59.6 Å². The molecule has 1 N–H and O–H groups in total. The van der Waals surface area contributed by atoms with E-state index in [1.807, 2.05) is 37.3 Å². The minimum absolute atomic E-state index is 0.0617. The van der Waals surface area contributed by atoms with Gasteiger partial charge in [0.25, 0.3) is 10.0 Å². The second-order valence-electron chi connectivity index (χ2n) is 8.83. The second-order valence-corrected chi connectivity index (χ2v) is 11.1. The molecule has 0 radical (unpaired) electrons. The summed E-state index contributed by atoms with van der Waals surface area (Å²) in [6.07, 6.45) is 0. The summed E-state index contributed by atoms with van der Waals surface area (Å²) in [5.41, 5.74) is 2.67. The average molecular weight is 542 g/mol. The molecule has 37 heavy (non-hydrogen) atoms. The van der Waals surface area contributed by atoms with E-state index in [1.54, 1.807) is 51.1 Å². The fourth-order valence-electron chi connectivity index (χ4n) is 3.93. The maximum atomic E-state index is 13.8. The van der Waals surface area contributed by atoms with E-state index in [9.17, 15) is 18.0 Å². The number of carbonyl (C=O) groups is 2. The molecule has 196 valence electrons. The molecule has 0 heterocycles. The highest BCUT2D eigenvalue weighted by molar-refractivity contribution is 7.92. The Morgan fingerprint density at radius 2 is 1.62 bits per heavy atom. The fraction of sp³-hybridized carbons (Fsp3) is 0.286. The summed E-state index contributed by atoms with van der Waals surface area (Å²) < 4.78 is 28.8. The minimum atomic E-state index is -4.12. The van der Waals surface area contributed by atoms with E-state index in [-0.39, 0.29) is 17.3 Å². The van der Waals surface area contributed by atoms with Gasteiger partial charge in [0.05, 0.1) is 10.6 Å². The molecule has 0 unspecified atom stereocenters. The van der Waals surface area contributed by atoms with Gasteiger partial charge in [-0.05, 0) is 69.2 Å². The van der Waals surface area contributed by atoms with E-state index in [0.717, 1.165) is 15.4 Å². The number of amides is 2. The Morgan fingerprint density at radius 1 is 0.973 bits per heavy atom. The average Bonchev–Trinajstić information content (AvgIpc) is 2.86. The highest BCUT2D eigenvalue weighted by Gasteiger charge is 2.33. The monoisotopic (exact) mass is 541 g/mol. The first-order chi connectivity index (χ1) is 17.5. The lowest BCUT2D eigenvalue weighted by molar-refractivity contribution is -0.139. The van der Waals surface area contributed by atoms with Gasteiger partial charge < -0.3 is 10.2 Å². The van der Waals surface area contributed by atoms with Crippen molar-refractivity contribution < 1.29 is 18.0 Å². The van der Waals surface area contributed by atoms with Crippen LogP contribution >= 0.6 is 11.6 Å². The molecule has 1 atom stereocenters. The second kappa shape index (κ2) is 12.3. The van der Waals surface area contributed by atoms with Crippen LogP contribution in [0.1, 0.15) is 30.5 Å². The number of nitrogens with zero attached hydrogens (tertiary/aromatic N) is 2. The summed E-state index contributed by atoms with van der Waals surface area (Å²) in [5, 5.41) is 3.20. The molecule has 7 nitrogen and oxygen atoms in total. The normalized spacial score (nSPS) is 12.0. The summed E-state index contributed by atoms with van der Waals surface area (Å²) >= 11 is 6.14. The quantitative estimate of drug-likeness (QED) is 0.403. The van der Waals surface area contributed by atoms with E-state index in [2.05, 4.69) is 5.32 Å². The van der Waals surface area contributed by atoms with Crippen molar-refractivity contribution in [3.05, 3.63) is 94.5 Å². The zero-order valence-electron chi connectivity index (χ0n) is 21.4. The lowest BCUT2D eigenvalue weighted by Gasteiger charge is -2.32. The third-order valence-electron chi connectivity index (χ3n) is 6.03. The van der Waals surface area contributed by atoms with Gasteiger partial charge in [-0.2, -0.15) is 0 Å². The van der Waals surface area contributed by atoms with Crippen LogP contribution in [0.25, 0.3) is 0 Å². The van der Waals surface area contributed by atoms with Crippen molar-refractivity contribution in [1.29, 1.82) is 0 Å². The molecule has 0 aliphatic heterocycles. The first-order valence-electron chi connectivity index (χ1n) is 12.0. The largest absolute Gasteiger partial charge is 0.355 e. The molecular weight excluding hydrogens is 510 g/mol. The number of hydrogen-bond acceptors (Lipinski definition) is 4.